The lowest BCUT2D eigenvalue weighted by atomic mass is 10.3. The Bertz CT molecular complexity index is 488. The molecule has 0 saturated carbocycles. The lowest BCUT2D eigenvalue weighted by Crippen LogP contribution is -2.45. The Labute approximate surface area is 125 Å². The van der Waals surface area contributed by atoms with E-state index in [0.717, 1.165) is 0 Å². The molecule has 1 aromatic rings. The van der Waals surface area contributed by atoms with Crippen LogP contribution in [0, 0.1) is 5.82 Å². The Balaban J connectivity index is 2.49. The highest BCUT2D eigenvalue weighted by atomic mass is 79.9. The SMILES string of the molecule is C[C@@H](NC(=O)CNc1cc(F)cc(Br)c1)C(=O)N(C)C. The van der Waals surface area contributed by atoms with Crippen molar-refractivity contribution < 1.29 is 14.0 Å². The Morgan fingerprint density at radius 3 is 2.55 bits per heavy atom. The van der Waals surface area contributed by atoms with Gasteiger partial charge in [-0.2, -0.15) is 0 Å². The quantitative estimate of drug-likeness (QED) is 0.851. The number of carbonyl (C=O) groups excluding carboxylic acids is 2. The van der Waals surface area contributed by atoms with Crippen LogP contribution in [-0.4, -0.2) is 43.4 Å². The maximum atomic E-state index is 13.1. The predicted molar refractivity (Wildman–Crippen MR) is 78.9 cm³/mol. The number of rotatable bonds is 5. The van der Waals surface area contributed by atoms with Crippen LogP contribution in [0.1, 0.15) is 6.92 Å². The number of hydrogen-bond acceptors (Lipinski definition) is 3. The molecule has 20 heavy (non-hydrogen) atoms. The van der Waals surface area contributed by atoms with Gasteiger partial charge < -0.3 is 15.5 Å². The van der Waals surface area contributed by atoms with Gasteiger partial charge in [-0.1, -0.05) is 15.9 Å². The van der Waals surface area contributed by atoms with E-state index in [1.807, 2.05) is 0 Å². The van der Waals surface area contributed by atoms with Gasteiger partial charge >= 0.3 is 0 Å². The molecule has 0 aromatic heterocycles. The van der Waals surface area contributed by atoms with Crippen molar-refractivity contribution in [2.45, 2.75) is 13.0 Å². The molecule has 1 aromatic carbocycles. The van der Waals surface area contributed by atoms with Crippen molar-refractivity contribution in [3.8, 4) is 0 Å². The minimum absolute atomic E-state index is 0.0407. The monoisotopic (exact) mass is 345 g/mol. The highest BCUT2D eigenvalue weighted by molar-refractivity contribution is 9.10. The summed E-state index contributed by atoms with van der Waals surface area (Å²) in [5, 5.41) is 5.36. The summed E-state index contributed by atoms with van der Waals surface area (Å²) in [7, 11) is 3.24. The molecule has 0 saturated heterocycles. The summed E-state index contributed by atoms with van der Waals surface area (Å²) in [5.74, 6) is -0.932. The number of likely N-dealkylation sites (N-methyl/N-ethyl adjacent to an activating group) is 1. The van der Waals surface area contributed by atoms with Gasteiger partial charge in [0.05, 0.1) is 6.54 Å². The number of anilines is 1. The van der Waals surface area contributed by atoms with Crippen LogP contribution in [-0.2, 0) is 9.59 Å². The number of benzene rings is 1. The summed E-state index contributed by atoms with van der Waals surface area (Å²) < 4.78 is 13.7. The highest BCUT2D eigenvalue weighted by Gasteiger charge is 2.16. The average molecular weight is 346 g/mol. The number of hydrogen-bond donors (Lipinski definition) is 2. The topological polar surface area (TPSA) is 61.4 Å². The number of amides is 2. The van der Waals surface area contributed by atoms with E-state index in [1.165, 1.54) is 17.0 Å². The molecular formula is C13H17BrFN3O2. The smallest absolute Gasteiger partial charge is 0.244 e. The number of nitrogens with one attached hydrogen (secondary N) is 2. The third kappa shape index (κ3) is 5.16. The van der Waals surface area contributed by atoms with E-state index in [4.69, 9.17) is 0 Å². The van der Waals surface area contributed by atoms with E-state index >= 15 is 0 Å². The fourth-order valence-corrected chi connectivity index (χ4v) is 2.05. The first-order valence-corrected chi connectivity index (χ1v) is 6.79. The predicted octanol–water partition coefficient (Wildman–Crippen LogP) is 1.59. The van der Waals surface area contributed by atoms with Gasteiger partial charge in [-0.25, -0.2) is 4.39 Å². The maximum Gasteiger partial charge on any atom is 0.244 e. The second-order valence-electron chi connectivity index (χ2n) is 4.53. The van der Waals surface area contributed by atoms with Crippen molar-refractivity contribution in [2.75, 3.05) is 26.0 Å². The van der Waals surface area contributed by atoms with Crippen LogP contribution in [0.4, 0.5) is 10.1 Å². The molecule has 1 atom stereocenters. The molecule has 0 aliphatic rings. The maximum absolute atomic E-state index is 13.1. The summed E-state index contributed by atoms with van der Waals surface area (Å²) in [4.78, 5) is 24.7. The van der Waals surface area contributed by atoms with E-state index < -0.39 is 11.9 Å². The molecule has 1 rings (SSSR count). The lowest BCUT2D eigenvalue weighted by molar-refractivity contribution is -0.133. The van der Waals surface area contributed by atoms with Crippen molar-refractivity contribution in [1.82, 2.24) is 10.2 Å². The van der Waals surface area contributed by atoms with Crippen molar-refractivity contribution >= 4 is 33.4 Å². The molecule has 0 heterocycles. The zero-order valence-electron chi connectivity index (χ0n) is 11.5. The van der Waals surface area contributed by atoms with Gasteiger partial charge in [-0.3, -0.25) is 9.59 Å². The van der Waals surface area contributed by atoms with Crippen LogP contribution in [0.2, 0.25) is 0 Å². The summed E-state index contributed by atoms with van der Waals surface area (Å²) in [6, 6.07) is 3.67. The molecule has 0 fully saturated rings. The van der Waals surface area contributed by atoms with E-state index in [0.29, 0.717) is 10.2 Å². The van der Waals surface area contributed by atoms with Crippen LogP contribution in [0.5, 0.6) is 0 Å². The van der Waals surface area contributed by atoms with E-state index in [2.05, 4.69) is 26.6 Å². The van der Waals surface area contributed by atoms with Gasteiger partial charge in [-0.15, -0.1) is 0 Å². The third-order valence-corrected chi connectivity index (χ3v) is 2.96. The first-order valence-electron chi connectivity index (χ1n) is 6.00. The largest absolute Gasteiger partial charge is 0.376 e. The van der Waals surface area contributed by atoms with Gasteiger partial charge in [0.25, 0.3) is 0 Å². The van der Waals surface area contributed by atoms with Gasteiger partial charge in [0.1, 0.15) is 11.9 Å². The molecule has 5 nitrogen and oxygen atoms in total. The second kappa shape index (κ2) is 7.23. The molecule has 2 N–H and O–H groups in total. The van der Waals surface area contributed by atoms with E-state index in [-0.39, 0.29) is 18.4 Å². The van der Waals surface area contributed by atoms with Crippen LogP contribution in [0.3, 0.4) is 0 Å². The molecule has 0 bridgehead atoms. The molecular weight excluding hydrogens is 329 g/mol. The molecule has 0 aliphatic carbocycles. The highest BCUT2D eigenvalue weighted by Crippen LogP contribution is 2.18. The van der Waals surface area contributed by atoms with Crippen molar-refractivity contribution in [2.24, 2.45) is 0 Å². The normalized spacial score (nSPS) is 11.7. The average Bonchev–Trinajstić information content (AvgIpc) is 2.34. The Kier molecular flexibility index (Phi) is 5.94. The van der Waals surface area contributed by atoms with Crippen LogP contribution < -0.4 is 10.6 Å². The number of nitrogens with zero attached hydrogens (tertiary/aromatic N) is 1. The van der Waals surface area contributed by atoms with Gasteiger partial charge in [0, 0.05) is 24.3 Å². The Morgan fingerprint density at radius 2 is 2.00 bits per heavy atom. The lowest BCUT2D eigenvalue weighted by Gasteiger charge is -2.18. The standard InChI is InChI=1S/C13H17BrFN3O2/c1-8(13(20)18(2)3)17-12(19)7-16-11-5-9(14)4-10(15)6-11/h4-6,8,16H,7H2,1-3H3,(H,17,19)/t8-/m1/s1. The van der Waals surface area contributed by atoms with Crippen molar-refractivity contribution in [1.29, 1.82) is 0 Å². The van der Waals surface area contributed by atoms with Crippen LogP contribution in [0.15, 0.2) is 22.7 Å². The minimum Gasteiger partial charge on any atom is -0.376 e. The molecule has 0 unspecified atom stereocenters. The zero-order valence-corrected chi connectivity index (χ0v) is 13.1. The second-order valence-corrected chi connectivity index (χ2v) is 5.45. The zero-order chi connectivity index (χ0) is 15.3. The number of halogens is 2. The third-order valence-electron chi connectivity index (χ3n) is 2.50. The number of carbonyl (C=O) groups is 2. The van der Waals surface area contributed by atoms with E-state index in [9.17, 15) is 14.0 Å². The summed E-state index contributed by atoms with van der Waals surface area (Å²) in [6.07, 6.45) is 0. The molecule has 0 radical (unpaired) electrons. The summed E-state index contributed by atoms with van der Waals surface area (Å²) in [6.45, 7) is 1.57. The van der Waals surface area contributed by atoms with Gasteiger partial charge in [-0.05, 0) is 25.1 Å². The van der Waals surface area contributed by atoms with E-state index in [1.54, 1.807) is 27.1 Å². The van der Waals surface area contributed by atoms with Crippen molar-refractivity contribution in [3.63, 3.8) is 0 Å². The molecule has 110 valence electrons. The summed E-state index contributed by atoms with van der Waals surface area (Å²) in [5.41, 5.74) is 0.485. The Hall–Kier alpha value is -1.63. The fraction of sp³-hybridized carbons (Fsp3) is 0.385. The fourth-order valence-electron chi connectivity index (χ4n) is 1.58. The van der Waals surface area contributed by atoms with Gasteiger partial charge in [0.15, 0.2) is 0 Å². The Morgan fingerprint density at radius 1 is 1.35 bits per heavy atom. The summed E-state index contributed by atoms with van der Waals surface area (Å²) >= 11 is 3.16. The molecule has 2 amide bonds. The van der Waals surface area contributed by atoms with Gasteiger partial charge in [0.2, 0.25) is 11.8 Å². The molecule has 0 spiro atoms. The molecule has 0 aliphatic heterocycles. The van der Waals surface area contributed by atoms with Crippen LogP contribution in [0.25, 0.3) is 0 Å². The van der Waals surface area contributed by atoms with Crippen LogP contribution >= 0.6 is 15.9 Å². The van der Waals surface area contributed by atoms with Crippen molar-refractivity contribution in [3.05, 3.63) is 28.5 Å². The minimum atomic E-state index is -0.599. The first-order chi connectivity index (χ1) is 9.29. The molecule has 7 heteroatoms. The first kappa shape index (κ1) is 16.4.